The standard InChI is InChI=1S/C16H28N4O/c1-4-5-12-13(17)19-11-20-14(12)18-10-16(21)8-6-15(2,3)7-9-16/h11,21H,4-10H2,1-3H3,(H3,17,18,19,20). The molecular weight excluding hydrogens is 264 g/mol. The van der Waals surface area contributed by atoms with Crippen LogP contribution in [0.5, 0.6) is 0 Å². The minimum absolute atomic E-state index is 0.346. The number of rotatable bonds is 5. The second kappa shape index (κ2) is 6.18. The summed E-state index contributed by atoms with van der Waals surface area (Å²) in [6, 6.07) is 0. The minimum Gasteiger partial charge on any atom is -0.388 e. The van der Waals surface area contributed by atoms with Crippen molar-refractivity contribution >= 4 is 11.6 Å². The van der Waals surface area contributed by atoms with Gasteiger partial charge in [0.1, 0.15) is 18.0 Å². The van der Waals surface area contributed by atoms with Crippen LogP contribution in [0.1, 0.15) is 58.4 Å². The summed E-state index contributed by atoms with van der Waals surface area (Å²) in [7, 11) is 0. The maximum atomic E-state index is 10.7. The third-order valence-corrected chi connectivity index (χ3v) is 4.60. The fourth-order valence-corrected chi connectivity index (χ4v) is 2.89. The number of anilines is 2. The lowest BCUT2D eigenvalue weighted by Gasteiger charge is -2.40. The third-order valence-electron chi connectivity index (χ3n) is 4.60. The summed E-state index contributed by atoms with van der Waals surface area (Å²) >= 11 is 0. The zero-order valence-electron chi connectivity index (χ0n) is 13.4. The molecule has 1 saturated carbocycles. The Bertz CT molecular complexity index is 477. The van der Waals surface area contributed by atoms with Crippen LogP contribution in [0.3, 0.4) is 0 Å². The van der Waals surface area contributed by atoms with E-state index in [2.05, 4.69) is 36.1 Å². The van der Waals surface area contributed by atoms with Gasteiger partial charge in [0.05, 0.1) is 5.60 Å². The zero-order valence-corrected chi connectivity index (χ0v) is 13.4. The average Bonchev–Trinajstić information content (AvgIpc) is 2.44. The number of hydrogen-bond donors (Lipinski definition) is 3. The van der Waals surface area contributed by atoms with E-state index in [-0.39, 0.29) is 0 Å². The Morgan fingerprint density at radius 2 is 1.90 bits per heavy atom. The molecule has 21 heavy (non-hydrogen) atoms. The molecule has 1 aromatic heterocycles. The molecule has 0 amide bonds. The number of aliphatic hydroxyl groups is 1. The summed E-state index contributed by atoms with van der Waals surface area (Å²) < 4.78 is 0. The van der Waals surface area contributed by atoms with E-state index in [4.69, 9.17) is 5.73 Å². The predicted molar refractivity (Wildman–Crippen MR) is 86.1 cm³/mol. The van der Waals surface area contributed by atoms with Gasteiger partial charge in [-0.3, -0.25) is 0 Å². The zero-order chi connectivity index (χ0) is 15.5. The normalized spacial score (nSPS) is 20.2. The molecule has 0 saturated heterocycles. The molecular formula is C16H28N4O. The van der Waals surface area contributed by atoms with Crippen LogP contribution < -0.4 is 11.1 Å². The number of nitrogen functional groups attached to an aromatic ring is 1. The maximum Gasteiger partial charge on any atom is 0.134 e. The van der Waals surface area contributed by atoms with Crippen LogP contribution in [0.25, 0.3) is 0 Å². The lowest BCUT2D eigenvalue weighted by molar-refractivity contribution is -0.0146. The van der Waals surface area contributed by atoms with E-state index in [0.29, 0.717) is 17.8 Å². The van der Waals surface area contributed by atoms with Crippen molar-refractivity contribution in [1.82, 2.24) is 9.97 Å². The summed E-state index contributed by atoms with van der Waals surface area (Å²) in [4.78, 5) is 8.34. The van der Waals surface area contributed by atoms with E-state index >= 15 is 0 Å². The Morgan fingerprint density at radius 1 is 1.24 bits per heavy atom. The minimum atomic E-state index is -0.640. The Balaban J connectivity index is 2.02. The van der Waals surface area contributed by atoms with E-state index in [1.54, 1.807) is 0 Å². The molecule has 1 aliphatic rings. The maximum absolute atomic E-state index is 10.7. The molecule has 0 radical (unpaired) electrons. The van der Waals surface area contributed by atoms with E-state index in [1.807, 2.05) is 0 Å². The van der Waals surface area contributed by atoms with Crippen molar-refractivity contribution in [3.8, 4) is 0 Å². The van der Waals surface area contributed by atoms with Crippen LogP contribution >= 0.6 is 0 Å². The van der Waals surface area contributed by atoms with Crippen molar-refractivity contribution in [2.45, 2.75) is 64.9 Å². The SMILES string of the molecule is CCCc1c(N)ncnc1NCC1(O)CCC(C)(C)CC1. The Kier molecular flexibility index (Phi) is 4.71. The van der Waals surface area contributed by atoms with Gasteiger partial charge in [-0.15, -0.1) is 0 Å². The predicted octanol–water partition coefficient (Wildman–Crippen LogP) is 2.75. The lowest BCUT2D eigenvalue weighted by atomic mass is 9.71. The summed E-state index contributed by atoms with van der Waals surface area (Å²) in [6.07, 6.45) is 7.08. The van der Waals surface area contributed by atoms with Crippen LogP contribution in [-0.4, -0.2) is 27.2 Å². The first-order valence-corrected chi connectivity index (χ1v) is 7.91. The molecule has 1 aliphatic carbocycles. The van der Waals surface area contributed by atoms with Crippen molar-refractivity contribution in [1.29, 1.82) is 0 Å². The highest BCUT2D eigenvalue weighted by molar-refractivity contribution is 5.55. The second-order valence-electron chi connectivity index (χ2n) is 7.08. The Labute approximate surface area is 127 Å². The molecule has 4 N–H and O–H groups in total. The first kappa shape index (κ1) is 16.0. The van der Waals surface area contributed by atoms with Gasteiger partial charge in [-0.2, -0.15) is 0 Å². The van der Waals surface area contributed by atoms with Gasteiger partial charge in [0.25, 0.3) is 0 Å². The fraction of sp³-hybridized carbons (Fsp3) is 0.750. The van der Waals surface area contributed by atoms with Gasteiger partial charge in [0.2, 0.25) is 0 Å². The quantitative estimate of drug-likeness (QED) is 0.777. The molecule has 0 atom stereocenters. The smallest absolute Gasteiger partial charge is 0.134 e. The molecule has 5 nitrogen and oxygen atoms in total. The van der Waals surface area contributed by atoms with Gasteiger partial charge in [-0.05, 0) is 37.5 Å². The van der Waals surface area contributed by atoms with Crippen LogP contribution in [0, 0.1) is 5.41 Å². The van der Waals surface area contributed by atoms with Crippen LogP contribution in [0.2, 0.25) is 0 Å². The van der Waals surface area contributed by atoms with E-state index in [9.17, 15) is 5.11 Å². The highest BCUT2D eigenvalue weighted by Crippen LogP contribution is 2.40. The largest absolute Gasteiger partial charge is 0.388 e. The number of aromatic nitrogens is 2. The number of nitrogens with zero attached hydrogens (tertiary/aromatic N) is 2. The highest BCUT2D eigenvalue weighted by atomic mass is 16.3. The molecule has 118 valence electrons. The van der Waals surface area contributed by atoms with Crippen LogP contribution in [-0.2, 0) is 6.42 Å². The molecule has 1 heterocycles. The molecule has 0 spiro atoms. The van der Waals surface area contributed by atoms with Gasteiger partial charge < -0.3 is 16.2 Å². The van der Waals surface area contributed by atoms with Crippen molar-refractivity contribution < 1.29 is 5.11 Å². The topological polar surface area (TPSA) is 84.1 Å². The molecule has 5 heteroatoms. The third kappa shape index (κ3) is 4.06. The molecule has 2 rings (SSSR count). The molecule has 0 aromatic carbocycles. The Hall–Kier alpha value is -1.36. The summed E-state index contributed by atoms with van der Waals surface area (Å²) in [5, 5.41) is 14.0. The van der Waals surface area contributed by atoms with Crippen molar-refractivity contribution in [2.75, 3.05) is 17.6 Å². The first-order valence-electron chi connectivity index (χ1n) is 7.91. The van der Waals surface area contributed by atoms with Gasteiger partial charge >= 0.3 is 0 Å². The van der Waals surface area contributed by atoms with Crippen molar-refractivity contribution in [3.63, 3.8) is 0 Å². The molecule has 0 unspecified atom stereocenters. The monoisotopic (exact) mass is 292 g/mol. The van der Waals surface area contributed by atoms with Gasteiger partial charge in [0.15, 0.2) is 0 Å². The van der Waals surface area contributed by atoms with E-state index < -0.39 is 5.60 Å². The lowest BCUT2D eigenvalue weighted by Crippen LogP contribution is -2.42. The van der Waals surface area contributed by atoms with Crippen molar-refractivity contribution in [2.24, 2.45) is 5.41 Å². The molecule has 1 aromatic rings. The highest BCUT2D eigenvalue weighted by Gasteiger charge is 2.36. The Morgan fingerprint density at radius 3 is 2.52 bits per heavy atom. The summed E-state index contributed by atoms with van der Waals surface area (Å²) in [5.41, 5.74) is 6.60. The molecule has 0 aliphatic heterocycles. The van der Waals surface area contributed by atoms with Crippen LogP contribution in [0.4, 0.5) is 11.6 Å². The van der Waals surface area contributed by atoms with Gasteiger partial charge in [0, 0.05) is 12.1 Å². The average molecular weight is 292 g/mol. The number of nitrogens with one attached hydrogen (secondary N) is 1. The summed E-state index contributed by atoms with van der Waals surface area (Å²) in [5.74, 6) is 1.30. The first-order chi connectivity index (χ1) is 9.85. The number of hydrogen-bond acceptors (Lipinski definition) is 5. The molecule has 1 fully saturated rings. The van der Waals surface area contributed by atoms with Crippen molar-refractivity contribution in [3.05, 3.63) is 11.9 Å². The van der Waals surface area contributed by atoms with E-state index in [0.717, 1.165) is 49.9 Å². The van der Waals surface area contributed by atoms with Crippen LogP contribution in [0.15, 0.2) is 6.33 Å². The number of nitrogens with two attached hydrogens (primary N) is 1. The fourth-order valence-electron chi connectivity index (χ4n) is 2.89. The van der Waals surface area contributed by atoms with E-state index in [1.165, 1.54) is 6.33 Å². The van der Waals surface area contributed by atoms with Gasteiger partial charge in [-0.1, -0.05) is 27.2 Å². The van der Waals surface area contributed by atoms with Gasteiger partial charge in [-0.25, -0.2) is 9.97 Å². The second-order valence-corrected chi connectivity index (χ2v) is 7.08. The summed E-state index contributed by atoms with van der Waals surface area (Å²) in [6.45, 7) is 7.16. The molecule has 0 bridgehead atoms.